The largest absolute Gasteiger partial charge is 0.349 e. The molecule has 0 aromatic heterocycles. The minimum absolute atomic E-state index is 0. The molecule has 1 radical (unpaired) electrons. The van der Waals surface area contributed by atoms with E-state index in [2.05, 4.69) is 12.2 Å². The molecule has 0 saturated heterocycles. The van der Waals surface area contributed by atoms with Gasteiger partial charge in [-0.2, -0.15) is 0 Å². The number of hydrogen-bond donors (Lipinski definition) is 1. The second-order valence-corrected chi connectivity index (χ2v) is 1.70. The van der Waals surface area contributed by atoms with Crippen molar-refractivity contribution in [2.24, 2.45) is 0 Å². The van der Waals surface area contributed by atoms with Gasteiger partial charge >= 0.3 is 0 Å². The average Bonchev–Trinajstić information content (AvgIpc) is 1.83. The number of nitrogens with one attached hydrogen (secondary N) is 1. The molecule has 0 aliphatic heterocycles. The molecule has 0 aromatic rings. The molecule has 1 amide bonds. The third kappa shape index (κ3) is 8.24. The van der Waals surface area contributed by atoms with Crippen molar-refractivity contribution in [1.82, 2.24) is 5.32 Å². The van der Waals surface area contributed by atoms with E-state index < -0.39 is 0 Å². The Balaban J connectivity index is 0. The number of carbonyl (C=O) groups is 2. The van der Waals surface area contributed by atoms with Crippen molar-refractivity contribution in [2.75, 3.05) is 6.54 Å². The summed E-state index contributed by atoms with van der Waals surface area (Å²) in [4.78, 5) is 20.6. The van der Waals surface area contributed by atoms with E-state index in [1.807, 2.05) is 0 Å². The number of carbonyl (C=O) groups excluding carboxylic acids is 2. The zero-order valence-electron chi connectivity index (χ0n) is 6.02. The molecule has 1 N–H and O–H groups in total. The van der Waals surface area contributed by atoms with E-state index in [1.54, 1.807) is 0 Å². The summed E-state index contributed by atoms with van der Waals surface area (Å²) in [7, 11) is 0. The van der Waals surface area contributed by atoms with Crippen LogP contribution in [0.25, 0.3) is 0 Å². The van der Waals surface area contributed by atoms with Gasteiger partial charge in [0.1, 0.15) is 5.78 Å². The molecule has 0 spiro atoms. The molecule has 3 nitrogen and oxygen atoms in total. The second kappa shape index (κ2) is 7.35. The van der Waals surface area contributed by atoms with E-state index in [4.69, 9.17) is 0 Å². The van der Waals surface area contributed by atoms with Crippen molar-refractivity contribution in [3.05, 3.63) is 6.92 Å². The smallest absolute Gasteiger partial charge is 0.217 e. The van der Waals surface area contributed by atoms with Crippen molar-refractivity contribution in [3.8, 4) is 0 Å². The third-order valence-electron chi connectivity index (χ3n) is 0.813. The second-order valence-electron chi connectivity index (χ2n) is 1.70. The Hall–Kier alpha value is 0.244. The number of Topliss-reactive ketones (excluding diaryl/α,β-unsaturated/α-hetero) is 1. The maximum absolute atomic E-state index is 10.4. The van der Waals surface area contributed by atoms with E-state index >= 15 is 0 Å². The Labute approximate surface area is 85.8 Å². The van der Waals surface area contributed by atoms with Crippen LogP contribution in [0.15, 0.2) is 0 Å². The van der Waals surface area contributed by atoms with Gasteiger partial charge in [-0.05, 0) is 0 Å². The van der Waals surface area contributed by atoms with Crippen LogP contribution in [0.4, 0.5) is 0 Å². The Morgan fingerprint density at radius 1 is 1.50 bits per heavy atom. The summed E-state index contributed by atoms with van der Waals surface area (Å²) in [6, 6.07) is 0. The van der Waals surface area contributed by atoms with E-state index in [0.29, 0.717) is 0 Å². The first-order valence-corrected chi connectivity index (χ1v) is 2.72. The average molecular weight is 217 g/mol. The summed E-state index contributed by atoms with van der Waals surface area (Å²) in [5.41, 5.74) is 0. The van der Waals surface area contributed by atoms with Crippen LogP contribution in [-0.2, 0) is 42.3 Å². The fourth-order valence-electron chi connectivity index (χ4n) is 0.311. The minimum Gasteiger partial charge on any atom is -0.349 e. The first kappa shape index (κ1) is 12.9. The van der Waals surface area contributed by atoms with Crippen LogP contribution < -0.4 is 5.32 Å². The Bertz CT molecular complexity index is 125. The Morgan fingerprint density at radius 2 is 2.00 bits per heavy atom. The molecule has 10 heavy (non-hydrogen) atoms. The van der Waals surface area contributed by atoms with E-state index in [1.165, 1.54) is 6.92 Å². The Morgan fingerprint density at radius 3 is 2.30 bits per heavy atom. The van der Waals surface area contributed by atoms with Gasteiger partial charge in [-0.25, -0.2) is 0 Å². The van der Waals surface area contributed by atoms with Gasteiger partial charge in [0, 0.05) is 39.6 Å². The van der Waals surface area contributed by atoms with E-state index in [0.717, 1.165) is 0 Å². The van der Waals surface area contributed by atoms with Crippen molar-refractivity contribution >= 4 is 11.7 Å². The van der Waals surface area contributed by atoms with Gasteiger partial charge in [-0.15, -0.1) is 6.42 Å². The molecule has 0 aromatic carbocycles. The molecule has 0 aliphatic rings. The quantitative estimate of drug-likeness (QED) is 0.671. The summed E-state index contributed by atoms with van der Waals surface area (Å²) in [5.74, 6) is -0.234. The monoisotopic (exact) mass is 217 g/mol. The number of hydrogen-bond acceptors (Lipinski definition) is 2. The van der Waals surface area contributed by atoms with Crippen LogP contribution >= 0.6 is 0 Å². The molecule has 0 fully saturated rings. The van der Waals surface area contributed by atoms with Crippen LogP contribution in [0, 0.1) is 6.92 Å². The molecule has 55 valence electrons. The predicted molar refractivity (Wildman–Crippen MR) is 33.7 cm³/mol. The van der Waals surface area contributed by atoms with Crippen LogP contribution in [-0.4, -0.2) is 18.2 Å². The fourth-order valence-corrected chi connectivity index (χ4v) is 0.311. The van der Waals surface area contributed by atoms with Gasteiger partial charge in [-0.3, -0.25) is 4.79 Å². The van der Waals surface area contributed by atoms with Crippen LogP contribution in [0.1, 0.15) is 13.3 Å². The number of amides is 1. The number of ketones is 1. The summed E-state index contributed by atoms with van der Waals surface area (Å²) in [6.45, 7) is 4.84. The summed E-state index contributed by atoms with van der Waals surface area (Å²) in [5, 5.41) is 2.37. The molecule has 4 heteroatoms. The van der Waals surface area contributed by atoms with Gasteiger partial charge in [0.15, 0.2) is 0 Å². The molecule has 0 rings (SSSR count). The molecule has 0 heterocycles. The molecular weight excluding hydrogens is 207 g/mol. The maximum atomic E-state index is 10.4. The van der Waals surface area contributed by atoms with Crippen LogP contribution in [0.3, 0.4) is 0 Å². The summed E-state index contributed by atoms with van der Waals surface area (Å²) in [6.07, 6.45) is 0.236. The van der Waals surface area contributed by atoms with Gasteiger partial charge in [-0.1, -0.05) is 0 Å². The molecule has 0 unspecified atom stereocenters. The normalized spacial score (nSPS) is 7.80. The van der Waals surface area contributed by atoms with Gasteiger partial charge < -0.3 is 17.0 Å². The maximum Gasteiger partial charge on any atom is 0.217 e. The topological polar surface area (TPSA) is 46.2 Å². The zero-order valence-corrected chi connectivity index (χ0v) is 8.85. The molecule has 0 bridgehead atoms. The van der Waals surface area contributed by atoms with Gasteiger partial charge in [0.25, 0.3) is 0 Å². The van der Waals surface area contributed by atoms with Gasteiger partial charge in [0.05, 0.1) is 6.54 Å². The van der Waals surface area contributed by atoms with Crippen molar-refractivity contribution in [1.29, 1.82) is 0 Å². The minimum atomic E-state index is -0.184. The SMILES string of the molecule is [CH2-]CC(=O)CNC(C)=O.[Y]. The predicted octanol–water partition coefficient (Wildman–Crippen LogP) is -0.0867. The van der Waals surface area contributed by atoms with E-state index in [-0.39, 0.29) is 57.4 Å². The number of rotatable bonds is 3. The first-order valence-electron chi connectivity index (χ1n) is 2.72. The van der Waals surface area contributed by atoms with Gasteiger partial charge in [0.2, 0.25) is 5.91 Å². The molecular formula is C6H10NO2Y-. The molecule has 0 atom stereocenters. The molecule has 0 saturated carbocycles. The Kier molecular flexibility index (Phi) is 9.47. The summed E-state index contributed by atoms with van der Waals surface area (Å²) < 4.78 is 0. The zero-order chi connectivity index (χ0) is 7.28. The van der Waals surface area contributed by atoms with Crippen molar-refractivity contribution in [2.45, 2.75) is 13.3 Å². The third-order valence-corrected chi connectivity index (χ3v) is 0.813. The van der Waals surface area contributed by atoms with Crippen molar-refractivity contribution < 1.29 is 42.3 Å². The first-order chi connectivity index (χ1) is 4.16. The van der Waals surface area contributed by atoms with Crippen LogP contribution in [0.2, 0.25) is 0 Å². The van der Waals surface area contributed by atoms with Crippen LogP contribution in [0.5, 0.6) is 0 Å². The summed E-state index contributed by atoms with van der Waals surface area (Å²) >= 11 is 0. The van der Waals surface area contributed by atoms with E-state index in [9.17, 15) is 9.59 Å². The fraction of sp³-hybridized carbons (Fsp3) is 0.500. The van der Waals surface area contributed by atoms with Crippen molar-refractivity contribution in [3.63, 3.8) is 0 Å². The standard InChI is InChI=1S/C6H10NO2.Y/c1-3-6(9)4-7-5(2)8;/h1,3-4H2,2H3,(H,7,8);/q-1;. The molecule has 0 aliphatic carbocycles.